The third-order valence-corrected chi connectivity index (χ3v) is 3.86. The minimum absolute atomic E-state index is 0.263. The summed E-state index contributed by atoms with van der Waals surface area (Å²) in [6, 6.07) is 3.80. The van der Waals surface area contributed by atoms with Gasteiger partial charge in [-0.15, -0.1) is 11.3 Å². The Bertz CT molecular complexity index is 549. The van der Waals surface area contributed by atoms with Crippen LogP contribution in [0.5, 0.6) is 0 Å². The van der Waals surface area contributed by atoms with Gasteiger partial charge in [0.05, 0.1) is 13.3 Å². The fourth-order valence-electron chi connectivity index (χ4n) is 1.86. The highest BCUT2D eigenvalue weighted by Crippen LogP contribution is 2.17. The molecule has 0 amide bonds. The fraction of sp³-hybridized carbons (Fsp3) is 0.429. The van der Waals surface area contributed by atoms with Crippen LogP contribution in [0.2, 0.25) is 0 Å². The van der Waals surface area contributed by atoms with Crippen molar-refractivity contribution in [3.8, 4) is 0 Å². The number of hydrogen-bond donors (Lipinski definition) is 1. The van der Waals surface area contributed by atoms with Crippen LogP contribution >= 0.6 is 11.3 Å². The van der Waals surface area contributed by atoms with Gasteiger partial charge in [-0.25, -0.2) is 4.79 Å². The standard InChI is InChI=1S/C14H19N3O2S/c1-10(2)17-9-11(7-16-17)13(14(18)19-3)15-8-12-5-4-6-20-12/h4-7,9-10,13,15H,8H2,1-3H3. The number of carbonyl (C=O) groups excluding carboxylic acids is 1. The van der Waals surface area contributed by atoms with E-state index in [1.165, 1.54) is 12.0 Å². The molecule has 5 nitrogen and oxygen atoms in total. The molecule has 0 fully saturated rings. The van der Waals surface area contributed by atoms with Crippen LogP contribution in [-0.2, 0) is 16.1 Å². The van der Waals surface area contributed by atoms with Crippen LogP contribution in [0.4, 0.5) is 0 Å². The van der Waals surface area contributed by atoms with Crippen LogP contribution in [0.1, 0.15) is 36.4 Å². The van der Waals surface area contributed by atoms with E-state index < -0.39 is 6.04 Å². The summed E-state index contributed by atoms with van der Waals surface area (Å²) in [7, 11) is 1.40. The number of hydrogen-bond acceptors (Lipinski definition) is 5. The van der Waals surface area contributed by atoms with Crippen molar-refractivity contribution in [1.82, 2.24) is 15.1 Å². The predicted molar refractivity (Wildman–Crippen MR) is 78.5 cm³/mol. The van der Waals surface area contributed by atoms with Gasteiger partial charge in [0.1, 0.15) is 6.04 Å². The minimum atomic E-state index is -0.491. The molecule has 0 radical (unpaired) electrons. The Balaban J connectivity index is 2.11. The van der Waals surface area contributed by atoms with Gasteiger partial charge in [0, 0.05) is 29.2 Å². The van der Waals surface area contributed by atoms with E-state index in [0.717, 1.165) is 5.56 Å². The van der Waals surface area contributed by atoms with Gasteiger partial charge < -0.3 is 4.74 Å². The fourth-order valence-corrected chi connectivity index (χ4v) is 2.51. The topological polar surface area (TPSA) is 56.1 Å². The van der Waals surface area contributed by atoms with Crippen molar-refractivity contribution >= 4 is 17.3 Å². The van der Waals surface area contributed by atoms with Crippen molar-refractivity contribution < 1.29 is 9.53 Å². The highest BCUT2D eigenvalue weighted by Gasteiger charge is 2.22. The third-order valence-electron chi connectivity index (χ3n) is 2.98. The molecule has 20 heavy (non-hydrogen) atoms. The van der Waals surface area contributed by atoms with Gasteiger partial charge in [0.15, 0.2) is 0 Å². The number of thiophene rings is 1. The maximum Gasteiger partial charge on any atom is 0.327 e. The van der Waals surface area contributed by atoms with Crippen molar-refractivity contribution in [2.24, 2.45) is 0 Å². The van der Waals surface area contributed by atoms with Gasteiger partial charge in [-0.1, -0.05) is 6.07 Å². The zero-order valence-electron chi connectivity index (χ0n) is 11.9. The van der Waals surface area contributed by atoms with E-state index in [2.05, 4.69) is 10.4 Å². The van der Waals surface area contributed by atoms with Crippen LogP contribution in [0.15, 0.2) is 29.9 Å². The summed E-state index contributed by atoms with van der Waals surface area (Å²) in [6.45, 7) is 4.72. The first-order chi connectivity index (χ1) is 9.61. The van der Waals surface area contributed by atoms with E-state index in [9.17, 15) is 4.79 Å². The molecule has 108 valence electrons. The Kier molecular flexibility index (Phi) is 4.92. The normalized spacial score (nSPS) is 12.6. The maximum absolute atomic E-state index is 11.9. The quantitative estimate of drug-likeness (QED) is 0.832. The average molecular weight is 293 g/mol. The summed E-state index contributed by atoms with van der Waals surface area (Å²) in [5, 5.41) is 9.51. The average Bonchev–Trinajstić information content (AvgIpc) is 3.09. The number of esters is 1. The third kappa shape index (κ3) is 3.46. The highest BCUT2D eigenvalue weighted by molar-refractivity contribution is 7.09. The molecule has 0 aromatic carbocycles. The molecular weight excluding hydrogens is 274 g/mol. The zero-order chi connectivity index (χ0) is 14.5. The summed E-state index contributed by atoms with van der Waals surface area (Å²) in [6.07, 6.45) is 3.59. The van der Waals surface area contributed by atoms with Crippen LogP contribution in [0.25, 0.3) is 0 Å². The second kappa shape index (κ2) is 6.67. The number of carbonyl (C=O) groups is 1. The molecule has 0 aliphatic heterocycles. The summed E-state index contributed by atoms with van der Waals surface area (Å²) in [4.78, 5) is 13.1. The summed E-state index contributed by atoms with van der Waals surface area (Å²) in [5.74, 6) is -0.301. The monoisotopic (exact) mass is 293 g/mol. The summed E-state index contributed by atoms with van der Waals surface area (Å²) >= 11 is 1.65. The van der Waals surface area contributed by atoms with Crippen molar-refractivity contribution in [3.05, 3.63) is 40.3 Å². The Hall–Kier alpha value is -1.66. The SMILES string of the molecule is COC(=O)C(NCc1cccs1)c1cnn(C(C)C)c1. The van der Waals surface area contributed by atoms with E-state index in [-0.39, 0.29) is 12.0 Å². The predicted octanol–water partition coefficient (Wildman–Crippen LogP) is 2.53. The lowest BCUT2D eigenvalue weighted by Gasteiger charge is -2.14. The number of ether oxygens (including phenoxy) is 1. The van der Waals surface area contributed by atoms with Crippen LogP contribution < -0.4 is 5.32 Å². The Morgan fingerprint density at radius 1 is 1.55 bits per heavy atom. The van der Waals surface area contributed by atoms with E-state index in [1.54, 1.807) is 17.5 Å². The molecule has 0 aliphatic carbocycles. The molecule has 2 rings (SSSR count). The van der Waals surface area contributed by atoms with Crippen LogP contribution in [-0.4, -0.2) is 22.9 Å². The summed E-state index contributed by atoms with van der Waals surface area (Å²) < 4.78 is 6.70. The number of aromatic nitrogens is 2. The molecule has 0 saturated heterocycles. The van der Waals surface area contributed by atoms with E-state index >= 15 is 0 Å². The Morgan fingerprint density at radius 3 is 2.90 bits per heavy atom. The van der Waals surface area contributed by atoms with Crippen LogP contribution in [0, 0.1) is 0 Å². The first-order valence-electron chi connectivity index (χ1n) is 6.49. The second-order valence-electron chi connectivity index (χ2n) is 4.76. The van der Waals surface area contributed by atoms with E-state index in [4.69, 9.17) is 4.74 Å². The second-order valence-corrected chi connectivity index (χ2v) is 5.80. The molecule has 2 heterocycles. The molecular formula is C14H19N3O2S. The number of methoxy groups -OCH3 is 1. The molecule has 0 spiro atoms. The van der Waals surface area contributed by atoms with Gasteiger partial charge in [-0.2, -0.15) is 5.10 Å². The molecule has 6 heteroatoms. The smallest absolute Gasteiger partial charge is 0.327 e. The van der Waals surface area contributed by atoms with Gasteiger partial charge in [-0.3, -0.25) is 10.00 Å². The molecule has 2 aromatic rings. The van der Waals surface area contributed by atoms with Crippen molar-refractivity contribution in [1.29, 1.82) is 0 Å². The minimum Gasteiger partial charge on any atom is -0.468 e. The Labute approximate surface area is 122 Å². The molecule has 2 aromatic heterocycles. The van der Waals surface area contributed by atoms with Crippen LogP contribution in [0.3, 0.4) is 0 Å². The first-order valence-corrected chi connectivity index (χ1v) is 7.37. The Morgan fingerprint density at radius 2 is 2.35 bits per heavy atom. The zero-order valence-corrected chi connectivity index (χ0v) is 12.7. The molecule has 1 N–H and O–H groups in total. The molecule has 1 atom stereocenters. The molecule has 0 aliphatic rings. The van der Waals surface area contributed by atoms with Gasteiger partial charge in [0.25, 0.3) is 0 Å². The first kappa shape index (κ1) is 14.7. The lowest BCUT2D eigenvalue weighted by Crippen LogP contribution is -2.28. The van der Waals surface area contributed by atoms with Crippen molar-refractivity contribution in [3.63, 3.8) is 0 Å². The van der Waals surface area contributed by atoms with E-state index in [1.807, 2.05) is 42.2 Å². The molecule has 1 unspecified atom stereocenters. The largest absolute Gasteiger partial charge is 0.468 e. The van der Waals surface area contributed by atoms with Crippen molar-refractivity contribution in [2.75, 3.05) is 7.11 Å². The maximum atomic E-state index is 11.9. The van der Waals surface area contributed by atoms with Crippen molar-refractivity contribution in [2.45, 2.75) is 32.5 Å². The van der Waals surface area contributed by atoms with Gasteiger partial charge >= 0.3 is 5.97 Å². The molecule has 0 saturated carbocycles. The van der Waals surface area contributed by atoms with Gasteiger partial charge in [0.2, 0.25) is 0 Å². The lowest BCUT2D eigenvalue weighted by molar-refractivity contribution is -0.143. The number of nitrogens with zero attached hydrogens (tertiary/aromatic N) is 2. The summed E-state index contributed by atoms with van der Waals surface area (Å²) in [5.41, 5.74) is 0.821. The number of nitrogens with one attached hydrogen (secondary N) is 1. The lowest BCUT2D eigenvalue weighted by atomic mass is 10.1. The number of rotatable bonds is 6. The van der Waals surface area contributed by atoms with Gasteiger partial charge in [-0.05, 0) is 25.3 Å². The highest BCUT2D eigenvalue weighted by atomic mass is 32.1. The molecule has 0 bridgehead atoms. The van der Waals surface area contributed by atoms with E-state index in [0.29, 0.717) is 6.54 Å².